The number of rotatable bonds is 6. The van der Waals surface area contributed by atoms with Crippen LogP contribution in [0.15, 0.2) is 24.3 Å². The second kappa shape index (κ2) is 8.02. The zero-order valence-electron chi connectivity index (χ0n) is 11.7. The molecule has 2 rings (SSSR count). The Kier molecular flexibility index (Phi) is 5.98. The van der Waals surface area contributed by atoms with E-state index in [1.807, 2.05) is 31.2 Å². The predicted molar refractivity (Wildman–Crippen MR) is 77.0 cm³/mol. The molecule has 1 fully saturated rings. The van der Waals surface area contributed by atoms with Crippen LogP contribution in [0.1, 0.15) is 13.3 Å². The molecular weight excluding hydrogens is 240 g/mol. The number of nitrogens with one attached hydrogen (secondary N) is 1. The van der Waals surface area contributed by atoms with Crippen molar-refractivity contribution in [3.05, 3.63) is 24.3 Å². The first-order valence-electron chi connectivity index (χ1n) is 7.17. The highest BCUT2D eigenvalue weighted by atomic mass is 16.5. The lowest BCUT2D eigenvalue weighted by atomic mass is 10.3. The van der Waals surface area contributed by atoms with E-state index in [1.165, 1.54) is 6.42 Å². The van der Waals surface area contributed by atoms with Crippen molar-refractivity contribution in [1.29, 1.82) is 0 Å². The second-order valence-electron chi connectivity index (χ2n) is 4.70. The van der Waals surface area contributed by atoms with Gasteiger partial charge in [-0.25, -0.2) is 0 Å². The summed E-state index contributed by atoms with van der Waals surface area (Å²) in [5.41, 5.74) is 0. The second-order valence-corrected chi connectivity index (χ2v) is 4.70. The van der Waals surface area contributed by atoms with E-state index in [2.05, 4.69) is 10.2 Å². The Hall–Kier alpha value is -1.26. The van der Waals surface area contributed by atoms with E-state index in [1.54, 1.807) is 0 Å². The van der Waals surface area contributed by atoms with E-state index >= 15 is 0 Å². The number of hydrogen-bond donors (Lipinski definition) is 1. The highest BCUT2D eigenvalue weighted by Crippen LogP contribution is 2.19. The summed E-state index contributed by atoms with van der Waals surface area (Å²) in [5, 5.41) is 3.41. The molecule has 0 radical (unpaired) electrons. The third kappa shape index (κ3) is 5.09. The molecule has 1 saturated heterocycles. The summed E-state index contributed by atoms with van der Waals surface area (Å²) in [5.74, 6) is 1.76. The molecule has 1 aliphatic rings. The SMILES string of the molecule is CCOc1cccc(OCCN2CCCNCC2)c1. The topological polar surface area (TPSA) is 33.7 Å². The summed E-state index contributed by atoms with van der Waals surface area (Å²) in [6, 6.07) is 7.85. The van der Waals surface area contributed by atoms with Crippen LogP contribution in [-0.4, -0.2) is 50.8 Å². The van der Waals surface area contributed by atoms with Crippen LogP contribution < -0.4 is 14.8 Å². The number of benzene rings is 1. The van der Waals surface area contributed by atoms with Crippen molar-refractivity contribution in [2.75, 3.05) is 45.9 Å². The van der Waals surface area contributed by atoms with Gasteiger partial charge in [0.2, 0.25) is 0 Å². The zero-order chi connectivity index (χ0) is 13.3. The molecular formula is C15H24N2O2. The van der Waals surface area contributed by atoms with Gasteiger partial charge in [0.1, 0.15) is 18.1 Å². The summed E-state index contributed by atoms with van der Waals surface area (Å²) >= 11 is 0. The van der Waals surface area contributed by atoms with E-state index in [4.69, 9.17) is 9.47 Å². The largest absolute Gasteiger partial charge is 0.494 e. The summed E-state index contributed by atoms with van der Waals surface area (Å²) < 4.78 is 11.3. The van der Waals surface area contributed by atoms with Crippen molar-refractivity contribution in [2.24, 2.45) is 0 Å². The van der Waals surface area contributed by atoms with Gasteiger partial charge in [0.05, 0.1) is 6.61 Å². The van der Waals surface area contributed by atoms with Crippen LogP contribution in [0.5, 0.6) is 11.5 Å². The van der Waals surface area contributed by atoms with Crippen LogP contribution in [0.25, 0.3) is 0 Å². The molecule has 1 heterocycles. The van der Waals surface area contributed by atoms with Gasteiger partial charge < -0.3 is 14.8 Å². The smallest absolute Gasteiger partial charge is 0.123 e. The molecule has 0 aromatic heterocycles. The third-order valence-corrected chi connectivity index (χ3v) is 3.23. The van der Waals surface area contributed by atoms with Gasteiger partial charge in [-0.15, -0.1) is 0 Å². The lowest BCUT2D eigenvalue weighted by molar-refractivity contribution is 0.217. The molecule has 4 nitrogen and oxygen atoms in total. The molecule has 0 spiro atoms. The lowest BCUT2D eigenvalue weighted by Gasteiger charge is -2.19. The number of ether oxygens (including phenoxy) is 2. The Morgan fingerprint density at radius 1 is 1.16 bits per heavy atom. The van der Waals surface area contributed by atoms with E-state index in [0.29, 0.717) is 6.61 Å². The molecule has 0 saturated carbocycles. The standard InChI is InChI=1S/C15H24N2O2/c1-2-18-14-5-3-6-15(13-14)19-12-11-17-9-4-7-16-8-10-17/h3,5-6,13,16H,2,4,7-12H2,1H3. The van der Waals surface area contributed by atoms with E-state index in [-0.39, 0.29) is 0 Å². The van der Waals surface area contributed by atoms with Gasteiger partial charge in [-0.2, -0.15) is 0 Å². The first-order valence-corrected chi connectivity index (χ1v) is 7.17. The fourth-order valence-corrected chi connectivity index (χ4v) is 2.24. The minimum Gasteiger partial charge on any atom is -0.494 e. The van der Waals surface area contributed by atoms with E-state index in [9.17, 15) is 0 Å². The minimum atomic E-state index is 0.685. The number of hydrogen-bond acceptors (Lipinski definition) is 4. The van der Waals surface area contributed by atoms with Crippen LogP contribution in [0.2, 0.25) is 0 Å². The van der Waals surface area contributed by atoms with Crippen LogP contribution in [0.4, 0.5) is 0 Å². The third-order valence-electron chi connectivity index (χ3n) is 3.23. The Morgan fingerprint density at radius 3 is 2.84 bits per heavy atom. The molecule has 19 heavy (non-hydrogen) atoms. The van der Waals surface area contributed by atoms with Gasteiger partial charge in [-0.1, -0.05) is 6.07 Å². The van der Waals surface area contributed by atoms with Crippen molar-refractivity contribution in [1.82, 2.24) is 10.2 Å². The van der Waals surface area contributed by atoms with Gasteiger partial charge in [0.15, 0.2) is 0 Å². The van der Waals surface area contributed by atoms with Gasteiger partial charge >= 0.3 is 0 Å². The first kappa shape index (κ1) is 14.2. The predicted octanol–water partition coefficient (Wildman–Crippen LogP) is 1.76. The van der Waals surface area contributed by atoms with Crippen LogP contribution >= 0.6 is 0 Å². The maximum Gasteiger partial charge on any atom is 0.123 e. The van der Waals surface area contributed by atoms with Crippen LogP contribution in [0.3, 0.4) is 0 Å². The zero-order valence-corrected chi connectivity index (χ0v) is 11.7. The molecule has 0 amide bonds. The van der Waals surface area contributed by atoms with E-state index in [0.717, 1.165) is 50.8 Å². The molecule has 4 heteroatoms. The highest BCUT2D eigenvalue weighted by Gasteiger charge is 2.08. The maximum atomic E-state index is 5.79. The minimum absolute atomic E-state index is 0.685. The molecule has 0 bridgehead atoms. The first-order chi connectivity index (χ1) is 9.38. The fraction of sp³-hybridized carbons (Fsp3) is 0.600. The maximum absolute atomic E-state index is 5.79. The van der Waals surface area contributed by atoms with Crippen molar-refractivity contribution < 1.29 is 9.47 Å². The van der Waals surface area contributed by atoms with Crippen molar-refractivity contribution in [3.8, 4) is 11.5 Å². The van der Waals surface area contributed by atoms with Crippen molar-refractivity contribution >= 4 is 0 Å². The molecule has 1 aromatic carbocycles. The van der Waals surface area contributed by atoms with Gasteiger partial charge in [0.25, 0.3) is 0 Å². The summed E-state index contributed by atoms with van der Waals surface area (Å²) in [6.45, 7) is 8.88. The van der Waals surface area contributed by atoms with E-state index < -0.39 is 0 Å². The average Bonchev–Trinajstić information content (AvgIpc) is 2.68. The molecule has 1 aliphatic heterocycles. The Labute approximate surface area is 115 Å². The van der Waals surface area contributed by atoms with Gasteiger partial charge in [-0.05, 0) is 38.6 Å². The average molecular weight is 264 g/mol. The van der Waals surface area contributed by atoms with Crippen LogP contribution in [0, 0.1) is 0 Å². The lowest BCUT2D eigenvalue weighted by Crippen LogP contribution is -2.31. The molecule has 106 valence electrons. The molecule has 1 aromatic rings. The Balaban J connectivity index is 1.73. The van der Waals surface area contributed by atoms with Gasteiger partial charge in [-0.3, -0.25) is 4.90 Å². The normalized spacial score (nSPS) is 16.9. The summed E-state index contributed by atoms with van der Waals surface area (Å²) in [7, 11) is 0. The van der Waals surface area contributed by atoms with Crippen molar-refractivity contribution in [3.63, 3.8) is 0 Å². The quantitative estimate of drug-likeness (QED) is 0.849. The summed E-state index contributed by atoms with van der Waals surface area (Å²) in [4.78, 5) is 2.45. The monoisotopic (exact) mass is 264 g/mol. The Bertz CT molecular complexity index is 363. The highest BCUT2D eigenvalue weighted by molar-refractivity contribution is 5.32. The fourth-order valence-electron chi connectivity index (χ4n) is 2.24. The molecule has 0 atom stereocenters. The van der Waals surface area contributed by atoms with Crippen molar-refractivity contribution in [2.45, 2.75) is 13.3 Å². The molecule has 0 aliphatic carbocycles. The molecule has 0 unspecified atom stereocenters. The number of nitrogens with zero attached hydrogens (tertiary/aromatic N) is 1. The Morgan fingerprint density at radius 2 is 2.00 bits per heavy atom. The molecule has 1 N–H and O–H groups in total. The van der Waals surface area contributed by atoms with Crippen LogP contribution in [-0.2, 0) is 0 Å². The van der Waals surface area contributed by atoms with Gasteiger partial charge in [0, 0.05) is 25.7 Å². The summed E-state index contributed by atoms with van der Waals surface area (Å²) in [6.07, 6.45) is 1.22.